The number of hydrogen-bond acceptors (Lipinski definition) is 4. The highest BCUT2D eigenvalue weighted by Gasteiger charge is 2.17. The minimum absolute atomic E-state index is 0.0216. The van der Waals surface area contributed by atoms with Crippen LogP contribution in [0.15, 0.2) is 52.4 Å². The number of hydrogen-bond donors (Lipinski definition) is 0. The van der Waals surface area contributed by atoms with E-state index in [9.17, 15) is 9.59 Å². The topological polar surface area (TPSA) is 52.0 Å². The number of ketones is 1. The molecule has 3 rings (SSSR count). The number of carbonyl (C=O) groups excluding carboxylic acids is 1. The Balaban J connectivity index is 1.96. The molecule has 0 spiro atoms. The Morgan fingerprint density at radius 1 is 1.19 bits per heavy atom. The summed E-state index contributed by atoms with van der Waals surface area (Å²) in [5.41, 5.74) is 3.47. The molecule has 0 amide bonds. The van der Waals surface area contributed by atoms with Crippen LogP contribution in [-0.2, 0) is 0 Å². The first-order valence-electron chi connectivity index (χ1n) is 9.17. The monoisotopic (exact) mass is 380 g/mol. The van der Waals surface area contributed by atoms with Gasteiger partial charge in [-0.05, 0) is 44.9 Å². The first kappa shape index (κ1) is 19.4. The largest absolute Gasteiger partial charge is 0.293 e. The average Bonchev–Trinajstić information content (AvgIpc) is 2.65. The number of aryl methyl sites for hydroxylation is 2. The van der Waals surface area contributed by atoms with Gasteiger partial charge in [0.25, 0.3) is 5.56 Å². The minimum atomic E-state index is -0.0450. The molecule has 0 fully saturated rings. The van der Waals surface area contributed by atoms with Crippen LogP contribution in [0.25, 0.3) is 10.9 Å². The Morgan fingerprint density at radius 2 is 1.93 bits per heavy atom. The van der Waals surface area contributed by atoms with E-state index in [4.69, 9.17) is 0 Å². The SMILES string of the molecule is CC[C@@H](C)n1c(SCC(=O)c2ccc(C)cc2C)nc2ccccc2c1=O. The van der Waals surface area contributed by atoms with E-state index in [0.717, 1.165) is 23.1 Å². The lowest BCUT2D eigenvalue weighted by Crippen LogP contribution is -2.26. The van der Waals surface area contributed by atoms with E-state index in [-0.39, 0.29) is 23.1 Å². The van der Waals surface area contributed by atoms with E-state index in [1.807, 2.05) is 64.1 Å². The molecule has 0 N–H and O–H groups in total. The van der Waals surface area contributed by atoms with Crippen molar-refractivity contribution in [3.63, 3.8) is 0 Å². The van der Waals surface area contributed by atoms with Crippen LogP contribution in [-0.4, -0.2) is 21.1 Å². The molecular formula is C22H24N2O2S. The zero-order valence-corrected chi connectivity index (χ0v) is 17.0. The second-order valence-corrected chi connectivity index (χ2v) is 7.82. The van der Waals surface area contributed by atoms with Crippen LogP contribution in [0.3, 0.4) is 0 Å². The van der Waals surface area contributed by atoms with Crippen molar-refractivity contribution in [1.29, 1.82) is 0 Å². The van der Waals surface area contributed by atoms with Gasteiger partial charge in [0.15, 0.2) is 10.9 Å². The molecular weight excluding hydrogens is 356 g/mol. The molecule has 1 heterocycles. The highest BCUT2D eigenvalue weighted by atomic mass is 32.2. The summed E-state index contributed by atoms with van der Waals surface area (Å²) in [4.78, 5) is 30.4. The van der Waals surface area contributed by atoms with Crippen LogP contribution in [0.2, 0.25) is 0 Å². The second-order valence-electron chi connectivity index (χ2n) is 6.87. The van der Waals surface area contributed by atoms with Crippen molar-refractivity contribution in [2.24, 2.45) is 0 Å². The van der Waals surface area contributed by atoms with Gasteiger partial charge in [-0.2, -0.15) is 0 Å². The van der Waals surface area contributed by atoms with Crippen LogP contribution >= 0.6 is 11.8 Å². The van der Waals surface area contributed by atoms with E-state index in [1.165, 1.54) is 11.8 Å². The minimum Gasteiger partial charge on any atom is -0.293 e. The Kier molecular flexibility index (Phi) is 5.80. The molecule has 0 radical (unpaired) electrons. The van der Waals surface area contributed by atoms with Gasteiger partial charge in [-0.15, -0.1) is 0 Å². The number of benzene rings is 2. The van der Waals surface area contributed by atoms with Gasteiger partial charge in [-0.25, -0.2) is 4.98 Å². The molecule has 27 heavy (non-hydrogen) atoms. The zero-order valence-electron chi connectivity index (χ0n) is 16.2. The highest BCUT2D eigenvalue weighted by Crippen LogP contribution is 2.24. The van der Waals surface area contributed by atoms with Crippen LogP contribution < -0.4 is 5.56 Å². The quantitative estimate of drug-likeness (QED) is 0.345. The van der Waals surface area contributed by atoms with E-state index >= 15 is 0 Å². The molecule has 140 valence electrons. The van der Waals surface area contributed by atoms with Crippen molar-refractivity contribution in [2.45, 2.75) is 45.3 Å². The maximum absolute atomic E-state index is 13.0. The molecule has 1 atom stereocenters. The van der Waals surface area contributed by atoms with E-state index in [2.05, 4.69) is 4.98 Å². The fourth-order valence-electron chi connectivity index (χ4n) is 3.13. The van der Waals surface area contributed by atoms with Crippen LogP contribution in [0.1, 0.15) is 47.8 Å². The Labute approximate surface area is 163 Å². The number of para-hydroxylation sites is 1. The van der Waals surface area contributed by atoms with Gasteiger partial charge in [0.1, 0.15) is 0 Å². The lowest BCUT2D eigenvalue weighted by molar-refractivity contribution is 0.102. The number of fused-ring (bicyclic) bond motifs is 1. The molecule has 0 bridgehead atoms. The summed E-state index contributed by atoms with van der Waals surface area (Å²) in [5, 5.41) is 1.22. The van der Waals surface area contributed by atoms with Gasteiger partial charge in [0, 0.05) is 11.6 Å². The maximum atomic E-state index is 13.0. The second kappa shape index (κ2) is 8.09. The molecule has 0 aliphatic heterocycles. The number of Topliss-reactive ketones (excluding diaryl/α,β-unsaturated/α-hetero) is 1. The molecule has 5 heteroatoms. The molecule has 0 saturated carbocycles. The highest BCUT2D eigenvalue weighted by molar-refractivity contribution is 7.99. The van der Waals surface area contributed by atoms with Gasteiger partial charge < -0.3 is 0 Å². The van der Waals surface area contributed by atoms with Crippen molar-refractivity contribution < 1.29 is 4.79 Å². The Hall–Kier alpha value is -2.40. The number of rotatable bonds is 6. The summed E-state index contributed by atoms with van der Waals surface area (Å²) < 4.78 is 1.72. The summed E-state index contributed by atoms with van der Waals surface area (Å²) in [5.74, 6) is 0.307. The first-order valence-corrected chi connectivity index (χ1v) is 10.2. The fraction of sp³-hybridized carbons (Fsp3) is 0.318. The molecule has 2 aromatic carbocycles. The summed E-state index contributed by atoms with van der Waals surface area (Å²) >= 11 is 1.34. The summed E-state index contributed by atoms with van der Waals surface area (Å²) in [6.07, 6.45) is 0.818. The van der Waals surface area contributed by atoms with Crippen molar-refractivity contribution in [2.75, 3.05) is 5.75 Å². The lowest BCUT2D eigenvalue weighted by Gasteiger charge is -2.18. The fourth-order valence-corrected chi connectivity index (χ4v) is 4.11. The standard InChI is InChI=1S/C22H24N2O2S/c1-5-16(4)24-21(26)18-8-6-7-9-19(18)23-22(24)27-13-20(25)17-11-10-14(2)12-15(17)3/h6-12,16H,5,13H2,1-4H3/t16-/m1/s1. The molecule has 0 unspecified atom stereocenters. The molecule has 4 nitrogen and oxygen atoms in total. The predicted octanol–water partition coefficient (Wildman–Crippen LogP) is 4.96. The summed E-state index contributed by atoms with van der Waals surface area (Å²) in [6, 6.07) is 13.2. The van der Waals surface area contributed by atoms with Gasteiger partial charge >= 0.3 is 0 Å². The van der Waals surface area contributed by atoms with Crippen LogP contribution in [0.4, 0.5) is 0 Å². The van der Waals surface area contributed by atoms with Crippen molar-refractivity contribution in [1.82, 2.24) is 9.55 Å². The number of thioether (sulfide) groups is 1. The van der Waals surface area contributed by atoms with Gasteiger partial charge in [0.2, 0.25) is 0 Å². The van der Waals surface area contributed by atoms with Crippen molar-refractivity contribution in [3.8, 4) is 0 Å². The van der Waals surface area contributed by atoms with Crippen LogP contribution in [0, 0.1) is 13.8 Å². The van der Waals surface area contributed by atoms with E-state index in [0.29, 0.717) is 16.1 Å². The number of aromatic nitrogens is 2. The van der Waals surface area contributed by atoms with Gasteiger partial charge in [-0.1, -0.05) is 54.6 Å². The smallest absolute Gasteiger partial charge is 0.262 e. The number of nitrogens with zero attached hydrogens (tertiary/aromatic N) is 2. The lowest BCUT2D eigenvalue weighted by atomic mass is 10.0. The third-order valence-corrected chi connectivity index (χ3v) is 5.77. The summed E-state index contributed by atoms with van der Waals surface area (Å²) in [6.45, 7) is 8.02. The Bertz CT molecular complexity index is 1060. The van der Waals surface area contributed by atoms with Gasteiger partial charge in [-0.3, -0.25) is 14.2 Å². The van der Waals surface area contributed by atoms with Crippen LogP contribution in [0.5, 0.6) is 0 Å². The molecule has 3 aromatic rings. The molecule has 1 aromatic heterocycles. The first-order chi connectivity index (χ1) is 12.9. The van der Waals surface area contributed by atoms with Crippen molar-refractivity contribution in [3.05, 3.63) is 69.5 Å². The summed E-state index contributed by atoms with van der Waals surface area (Å²) in [7, 11) is 0. The molecule has 0 saturated heterocycles. The predicted molar refractivity (Wildman–Crippen MR) is 112 cm³/mol. The zero-order chi connectivity index (χ0) is 19.6. The Morgan fingerprint density at radius 3 is 2.63 bits per heavy atom. The van der Waals surface area contributed by atoms with E-state index in [1.54, 1.807) is 10.6 Å². The van der Waals surface area contributed by atoms with Gasteiger partial charge in [0.05, 0.1) is 16.7 Å². The number of carbonyl (C=O) groups is 1. The molecule has 0 aliphatic carbocycles. The average molecular weight is 381 g/mol. The third-order valence-electron chi connectivity index (χ3n) is 4.82. The third kappa shape index (κ3) is 3.98. The molecule has 0 aliphatic rings. The maximum Gasteiger partial charge on any atom is 0.262 e. The van der Waals surface area contributed by atoms with Crippen molar-refractivity contribution >= 4 is 28.4 Å². The normalized spacial score (nSPS) is 12.3. The van der Waals surface area contributed by atoms with E-state index < -0.39 is 0 Å².